The number of nitro groups is 1. The van der Waals surface area contributed by atoms with Crippen molar-refractivity contribution in [1.82, 2.24) is 0 Å². The van der Waals surface area contributed by atoms with E-state index in [1.165, 1.54) is 0 Å². The fraction of sp³-hybridized carbons (Fsp3) is 0.556. The molecule has 0 amide bonds. The van der Waals surface area contributed by atoms with Crippen LogP contribution < -0.4 is 4.90 Å². The highest BCUT2D eigenvalue weighted by molar-refractivity contribution is 5.82. The highest BCUT2D eigenvalue weighted by Gasteiger charge is 2.38. The van der Waals surface area contributed by atoms with Gasteiger partial charge in [-0.1, -0.05) is 0 Å². The van der Waals surface area contributed by atoms with Crippen LogP contribution in [0.1, 0.15) is 31.7 Å². The van der Waals surface area contributed by atoms with Crippen molar-refractivity contribution in [1.29, 1.82) is 0 Å². The third-order valence-corrected chi connectivity index (χ3v) is 5.05. The van der Waals surface area contributed by atoms with Crippen molar-refractivity contribution in [3.63, 3.8) is 0 Å². The molecule has 0 saturated carbocycles. The second-order valence-corrected chi connectivity index (χ2v) is 7.13. The van der Waals surface area contributed by atoms with Gasteiger partial charge in [-0.2, -0.15) is 13.2 Å². The van der Waals surface area contributed by atoms with Gasteiger partial charge in [0.2, 0.25) is 6.10 Å². The maximum absolute atomic E-state index is 12.8. The van der Waals surface area contributed by atoms with Gasteiger partial charge in [-0.3, -0.25) is 14.9 Å². The lowest BCUT2D eigenvalue weighted by molar-refractivity contribution is -0.384. The van der Waals surface area contributed by atoms with Crippen LogP contribution in [0.5, 0.6) is 0 Å². The molecule has 2 heterocycles. The summed E-state index contributed by atoms with van der Waals surface area (Å²) in [4.78, 5) is 35.9. The summed E-state index contributed by atoms with van der Waals surface area (Å²) in [5.41, 5.74) is -1.66. The topological polar surface area (TPSA) is 99.0 Å². The standard InChI is InChI=1S/C18H19F3N2O6/c1-10-8-15(17(25)28-10)29-16(24)11-4-6-22(7-5-11)13-3-2-12(18(19,20)21)9-14(13)23(26)27/h2-3,9-11,15H,4-8H2,1H3/t10-,15+/m0/s1. The van der Waals surface area contributed by atoms with E-state index in [1.807, 2.05) is 0 Å². The van der Waals surface area contributed by atoms with Gasteiger partial charge in [0.05, 0.1) is 16.4 Å². The molecule has 11 heteroatoms. The van der Waals surface area contributed by atoms with Crippen molar-refractivity contribution in [2.24, 2.45) is 5.92 Å². The second-order valence-electron chi connectivity index (χ2n) is 7.13. The van der Waals surface area contributed by atoms with Crippen LogP contribution in [-0.4, -0.2) is 42.2 Å². The molecule has 2 aliphatic rings. The van der Waals surface area contributed by atoms with Crippen molar-refractivity contribution in [2.45, 2.75) is 44.6 Å². The van der Waals surface area contributed by atoms with Gasteiger partial charge in [-0.15, -0.1) is 0 Å². The Morgan fingerprint density at radius 2 is 1.97 bits per heavy atom. The highest BCUT2D eigenvalue weighted by atomic mass is 19.4. The molecule has 0 radical (unpaired) electrons. The number of rotatable bonds is 4. The first-order valence-electron chi connectivity index (χ1n) is 9.08. The number of carbonyl (C=O) groups excluding carboxylic acids is 2. The summed E-state index contributed by atoms with van der Waals surface area (Å²) < 4.78 is 48.7. The molecule has 0 unspecified atom stereocenters. The lowest BCUT2D eigenvalue weighted by Gasteiger charge is -2.32. The summed E-state index contributed by atoms with van der Waals surface area (Å²) in [6.07, 6.45) is -5.03. The van der Waals surface area contributed by atoms with E-state index in [0.717, 1.165) is 12.1 Å². The predicted octanol–water partition coefficient (Wildman–Crippen LogP) is 3.08. The SMILES string of the molecule is C[C@H]1C[C@@H](OC(=O)C2CCN(c3ccc(C(F)(F)F)cc3[N+](=O)[O-])CC2)C(=O)O1. The van der Waals surface area contributed by atoms with Gasteiger partial charge in [0.1, 0.15) is 11.8 Å². The van der Waals surface area contributed by atoms with Crippen LogP contribution in [0.15, 0.2) is 18.2 Å². The molecule has 158 valence electrons. The minimum absolute atomic E-state index is 0.0722. The number of cyclic esters (lactones) is 1. The van der Waals surface area contributed by atoms with Crippen LogP contribution >= 0.6 is 0 Å². The van der Waals surface area contributed by atoms with Crippen LogP contribution in [0.3, 0.4) is 0 Å². The second kappa shape index (κ2) is 7.88. The Morgan fingerprint density at radius 3 is 2.48 bits per heavy atom. The van der Waals surface area contributed by atoms with E-state index in [2.05, 4.69) is 0 Å². The van der Waals surface area contributed by atoms with Crippen molar-refractivity contribution < 1.29 is 37.2 Å². The Balaban J connectivity index is 1.65. The normalized spacial score (nSPS) is 23.0. The summed E-state index contributed by atoms with van der Waals surface area (Å²) in [5, 5.41) is 11.3. The number of carbonyl (C=O) groups is 2. The van der Waals surface area contributed by atoms with Crippen molar-refractivity contribution in [3.05, 3.63) is 33.9 Å². The Labute approximate surface area is 163 Å². The number of halogens is 3. The summed E-state index contributed by atoms with van der Waals surface area (Å²) in [7, 11) is 0. The minimum Gasteiger partial charge on any atom is -0.460 e. The average molecular weight is 416 g/mol. The summed E-state index contributed by atoms with van der Waals surface area (Å²) in [5.74, 6) is -1.62. The van der Waals surface area contributed by atoms with Gasteiger partial charge < -0.3 is 14.4 Å². The van der Waals surface area contributed by atoms with Gasteiger partial charge in [-0.05, 0) is 31.9 Å². The Kier molecular flexibility index (Phi) is 5.67. The van der Waals surface area contributed by atoms with Crippen molar-refractivity contribution in [3.8, 4) is 0 Å². The Morgan fingerprint density at radius 1 is 1.31 bits per heavy atom. The molecule has 1 aromatic carbocycles. The third-order valence-electron chi connectivity index (χ3n) is 5.05. The first-order chi connectivity index (χ1) is 13.6. The van der Waals surface area contributed by atoms with Gasteiger partial charge in [0, 0.05) is 25.6 Å². The van der Waals surface area contributed by atoms with Crippen LogP contribution in [0.25, 0.3) is 0 Å². The minimum atomic E-state index is -4.68. The molecule has 0 N–H and O–H groups in total. The van der Waals surface area contributed by atoms with Gasteiger partial charge in [-0.25, -0.2) is 4.79 Å². The van der Waals surface area contributed by atoms with Crippen LogP contribution in [0.4, 0.5) is 24.5 Å². The first kappa shape index (κ1) is 20.9. The van der Waals surface area contributed by atoms with Gasteiger partial charge >= 0.3 is 18.1 Å². The molecule has 2 aliphatic heterocycles. The van der Waals surface area contributed by atoms with Crippen molar-refractivity contribution >= 4 is 23.3 Å². The largest absolute Gasteiger partial charge is 0.460 e. The highest BCUT2D eigenvalue weighted by Crippen LogP contribution is 2.37. The van der Waals surface area contributed by atoms with Crippen LogP contribution in [0.2, 0.25) is 0 Å². The number of anilines is 1. The molecular formula is C18H19F3N2O6. The van der Waals surface area contributed by atoms with E-state index in [4.69, 9.17) is 9.47 Å². The number of hydrogen-bond acceptors (Lipinski definition) is 7. The quantitative estimate of drug-likeness (QED) is 0.423. The van der Waals surface area contributed by atoms with E-state index in [-0.39, 0.29) is 24.9 Å². The van der Waals surface area contributed by atoms with Crippen LogP contribution in [0, 0.1) is 16.0 Å². The number of alkyl halides is 3. The molecule has 2 atom stereocenters. The fourth-order valence-electron chi connectivity index (χ4n) is 3.52. The number of nitrogens with zero attached hydrogens (tertiary/aromatic N) is 2. The van der Waals surface area contributed by atoms with E-state index < -0.39 is 46.3 Å². The molecule has 2 saturated heterocycles. The molecule has 0 aromatic heterocycles. The molecule has 29 heavy (non-hydrogen) atoms. The molecule has 2 fully saturated rings. The van der Waals surface area contributed by atoms with E-state index in [0.29, 0.717) is 25.3 Å². The molecule has 3 rings (SSSR count). The number of piperidine rings is 1. The Bertz CT molecular complexity index is 820. The smallest absolute Gasteiger partial charge is 0.416 e. The number of nitro benzene ring substituents is 1. The monoisotopic (exact) mass is 416 g/mol. The summed E-state index contributed by atoms with van der Waals surface area (Å²) in [6.45, 7) is 2.16. The number of benzene rings is 1. The predicted molar refractivity (Wildman–Crippen MR) is 93.1 cm³/mol. The van der Waals surface area contributed by atoms with E-state index in [9.17, 15) is 32.9 Å². The molecule has 0 spiro atoms. The van der Waals surface area contributed by atoms with E-state index in [1.54, 1.807) is 11.8 Å². The van der Waals surface area contributed by atoms with Gasteiger partial charge in [0.15, 0.2) is 0 Å². The molecule has 1 aromatic rings. The van der Waals surface area contributed by atoms with E-state index >= 15 is 0 Å². The summed E-state index contributed by atoms with van der Waals surface area (Å²) >= 11 is 0. The maximum atomic E-state index is 12.8. The molecule has 0 aliphatic carbocycles. The lowest BCUT2D eigenvalue weighted by atomic mass is 9.96. The average Bonchev–Trinajstić information content (AvgIpc) is 2.97. The van der Waals surface area contributed by atoms with Crippen LogP contribution in [-0.2, 0) is 25.2 Å². The summed E-state index contributed by atoms with van der Waals surface area (Å²) in [6, 6.07) is 2.40. The number of hydrogen-bond donors (Lipinski definition) is 0. The maximum Gasteiger partial charge on any atom is 0.416 e. The van der Waals surface area contributed by atoms with Gasteiger partial charge in [0.25, 0.3) is 5.69 Å². The first-order valence-corrected chi connectivity index (χ1v) is 9.08. The number of ether oxygens (including phenoxy) is 2. The van der Waals surface area contributed by atoms with Crippen molar-refractivity contribution in [2.75, 3.05) is 18.0 Å². The Hall–Kier alpha value is -2.85. The molecule has 0 bridgehead atoms. The molecular weight excluding hydrogens is 397 g/mol. The molecule has 8 nitrogen and oxygen atoms in total. The zero-order valence-electron chi connectivity index (χ0n) is 15.5. The third kappa shape index (κ3) is 4.60. The zero-order chi connectivity index (χ0) is 21.3. The fourth-order valence-corrected chi connectivity index (χ4v) is 3.52. The number of esters is 2. The zero-order valence-corrected chi connectivity index (χ0v) is 15.5. The lowest BCUT2D eigenvalue weighted by Crippen LogP contribution is -2.38.